The SMILES string of the molecule is COc1ccc2cc3n(c2c1)CC(C(=O)NC1CCCCCCC1)(c1ccccc1)N(Cc1ccccc1Cl)C3=O. The number of amides is 2. The zero-order chi connectivity index (χ0) is 28.4. The quantitative estimate of drug-likeness (QED) is 0.270. The molecule has 0 bridgehead atoms. The maximum atomic E-state index is 14.8. The number of fused-ring (bicyclic) bond motifs is 3. The van der Waals surface area contributed by atoms with Crippen LogP contribution in [0.4, 0.5) is 0 Å². The molecule has 1 aromatic heterocycles. The highest BCUT2D eigenvalue weighted by atomic mass is 35.5. The van der Waals surface area contributed by atoms with Crippen LogP contribution in [-0.4, -0.2) is 34.4 Å². The van der Waals surface area contributed by atoms with Gasteiger partial charge in [0.05, 0.1) is 19.2 Å². The van der Waals surface area contributed by atoms with E-state index in [2.05, 4.69) is 5.32 Å². The van der Waals surface area contributed by atoms with E-state index in [0.29, 0.717) is 16.5 Å². The summed E-state index contributed by atoms with van der Waals surface area (Å²) in [6.07, 6.45) is 7.72. The molecule has 4 aromatic rings. The van der Waals surface area contributed by atoms with Crippen molar-refractivity contribution < 1.29 is 14.3 Å². The van der Waals surface area contributed by atoms with Crippen molar-refractivity contribution in [3.8, 4) is 5.75 Å². The van der Waals surface area contributed by atoms with Gasteiger partial charge in [0.25, 0.3) is 11.8 Å². The largest absolute Gasteiger partial charge is 0.497 e. The van der Waals surface area contributed by atoms with Crippen LogP contribution in [0, 0.1) is 0 Å². The maximum Gasteiger partial charge on any atom is 0.272 e. The van der Waals surface area contributed by atoms with Crippen LogP contribution < -0.4 is 10.1 Å². The Labute approximate surface area is 246 Å². The number of hydrogen-bond acceptors (Lipinski definition) is 3. The Kier molecular flexibility index (Phi) is 7.76. The molecule has 0 spiro atoms. The number of carbonyl (C=O) groups excluding carboxylic acids is 2. The Morgan fingerprint density at radius 2 is 1.66 bits per heavy atom. The lowest BCUT2D eigenvalue weighted by Crippen LogP contribution is -2.64. The van der Waals surface area contributed by atoms with Gasteiger partial charge in [-0.25, -0.2) is 0 Å². The van der Waals surface area contributed by atoms with Gasteiger partial charge in [-0.1, -0.05) is 92.2 Å². The number of nitrogens with zero attached hydrogens (tertiary/aromatic N) is 2. The lowest BCUT2D eigenvalue weighted by molar-refractivity contribution is -0.136. The number of rotatable bonds is 6. The van der Waals surface area contributed by atoms with Gasteiger partial charge >= 0.3 is 0 Å². The molecule has 0 radical (unpaired) electrons. The predicted octanol–water partition coefficient (Wildman–Crippen LogP) is 7.08. The van der Waals surface area contributed by atoms with Crippen LogP contribution >= 0.6 is 11.6 Å². The van der Waals surface area contributed by atoms with Gasteiger partial charge in [0.2, 0.25) is 0 Å². The predicted molar refractivity (Wildman–Crippen MR) is 162 cm³/mol. The molecule has 212 valence electrons. The van der Waals surface area contributed by atoms with Crippen LogP contribution in [0.25, 0.3) is 10.9 Å². The van der Waals surface area contributed by atoms with Crippen LogP contribution in [0.1, 0.15) is 66.6 Å². The maximum absolute atomic E-state index is 14.8. The monoisotopic (exact) mass is 569 g/mol. The Morgan fingerprint density at radius 3 is 2.39 bits per heavy atom. The molecule has 3 aromatic carbocycles. The smallest absolute Gasteiger partial charge is 0.272 e. The van der Waals surface area contributed by atoms with Crippen molar-refractivity contribution in [2.75, 3.05) is 7.11 Å². The minimum absolute atomic E-state index is 0.0727. The van der Waals surface area contributed by atoms with E-state index in [1.54, 1.807) is 12.0 Å². The molecule has 41 heavy (non-hydrogen) atoms. The Morgan fingerprint density at radius 1 is 0.951 bits per heavy atom. The van der Waals surface area contributed by atoms with Crippen LogP contribution in [0.5, 0.6) is 5.75 Å². The van der Waals surface area contributed by atoms with Gasteiger partial charge in [0, 0.05) is 29.1 Å². The Hall–Kier alpha value is -3.77. The molecule has 1 saturated carbocycles. The van der Waals surface area contributed by atoms with E-state index < -0.39 is 5.54 Å². The summed E-state index contributed by atoms with van der Waals surface area (Å²) < 4.78 is 7.52. The lowest BCUT2D eigenvalue weighted by Gasteiger charge is -2.47. The average molecular weight is 570 g/mol. The fourth-order valence-electron chi connectivity index (χ4n) is 6.53. The second kappa shape index (κ2) is 11.6. The molecule has 1 N–H and O–H groups in total. The van der Waals surface area contributed by atoms with Crippen LogP contribution in [0.3, 0.4) is 0 Å². The number of halogens is 1. The van der Waals surface area contributed by atoms with Gasteiger partial charge in [-0.15, -0.1) is 0 Å². The second-order valence-corrected chi connectivity index (χ2v) is 11.7. The minimum Gasteiger partial charge on any atom is -0.497 e. The third kappa shape index (κ3) is 5.10. The first-order valence-electron chi connectivity index (χ1n) is 14.6. The Balaban J connectivity index is 1.53. The molecule has 7 heteroatoms. The molecule has 1 fully saturated rings. The van der Waals surface area contributed by atoms with Crippen molar-refractivity contribution >= 4 is 34.3 Å². The number of nitrogens with one attached hydrogen (secondary N) is 1. The van der Waals surface area contributed by atoms with Crippen molar-refractivity contribution in [1.82, 2.24) is 14.8 Å². The van der Waals surface area contributed by atoms with Crippen LogP contribution in [-0.2, 0) is 23.4 Å². The van der Waals surface area contributed by atoms with Crippen molar-refractivity contribution in [3.63, 3.8) is 0 Å². The first-order chi connectivity index (χ1) is 20.0. The highest BCUT2D eigenvalue weighted by molar-refractivity contribution is 6.31. The Bertz CT molecular complexity index is 1560. The standard InChI is InChI=1S/C34H36ClN3O3/c1-41-28-19-18-24-20-31-32(39)38(22-25-12-10-11-17-29(25)35)34(23-37(31)30(24)21-28,26-13-6-5-7-14-26)33(40)36-27-15-8-3-2-4-9-16-27/h5-7,10-14,17-21,27H,2-4,8-9,15-16,22-23H2,1H3,(H,36,40). The summed E-state index contributed by atoms with van der Waals surface area (Å²) >= 11 is 6.64. The van der Waals surface area contributed by atoms with Gasteiger partial charge in [-0.2, -0.15) is 0 Å². The van der Waals surface area contributed by atoms with E-state index in [1.807, 2.05) is 83.4 Å². The molecule has 1 aliphatic carbocycles. The first kappa shape index (κ1) is 27.4. The third-order valence-corrected chi connectivity index (χ3v) is 9.15. The summed E-state index contributed by atoms with van der Waals surface area (Å²) in [4.78, 5) is 31.2. The average Bonchev–Trinajstić information content (AvgIpc) is 3.35. The highest BCUT2D eigenvalue weighted by Gasteiger charge is 2.53. The molecule has 0 saturated heterocycles. The molecule has 1 atom stereocenters. The van der Waals surface area contributed by atoms with Crippen LogP contribution in [0.15, 0.2) is 78.9 Å². The van der Waals surface area contributed by atoms with Crippen molar-refractivity contribution in [2.24, 2.45) is 0 Å². The number of carbonyl (C=O) groups is 2. The van der Waals surface area contributed by atoms with E-state index in [4.69, 9.17) is 16.3 Å². The fraction of sp³-hybridized carbons (Fsp3) is 0.353. The summed E-state index contributed by atoms with van der Waals surface area (Å²) in [5, 5.41) is 4.93. The van der Waals surface area contributed by atoms with Gasteiger partial charge < -0.3 is 19.5 Å². The van der Waals surface area contributed by atoms with Crippen molar-refractivity contribution in [3.05, 3.63) is 101 Å². The normalized spacial score (nSPS) is 19.9. The molecule has 2 amide bonds. The topological polar surface area (TPSA) is 63.6 Å². The second-order valence-electron chi connectivity index (χ2n) is 11.3. The van der Waals surface area contributed by atoms with Gasteiger partial charge in [0.15, 0.2) is 5.54 Å². The fourth-order valence-corrected chi connectivity index (χ4v) is 6.73. The molecule has 6 rings (SSSR count). The van der Waals surface area contributed by atoms with Crippen molar-refractivity contribution in [1.29, 1.82) is 0 Å². The number of methoxy groups -OCH3 is 1. The summed E-state index contributed by atoms with van der Waals surface area (Å²) in [5.41, 5.74) is 1.70. The van der Waals surface area contributed by atoms with Crippen LogP contribution in [0.2, 0.25) is 5.02 Å². The third-order valence-electron chi connectivity index (χ3n) is 8.78. The summed E-state index contributed by atoms with van der Waals surface area (Å²) in [6.45, 7) is 0.480. The van der Waals surface area contributed by atoms with E-state index in [9.17, 15) is 9.59 Å². The number of ether oxygens (including phenoxy) is 1. The molecule has 1 unspecified atom stereocenters. The van der Waals surface area contributed by atoms with E-state index >= 15 is 0 Å². The number of hydrogen-bond donors (Lipinski definition) is 1. The first-order valence-corrected chi connectivity index (χ1v) is 15.0. The van der Waals surface area contributed by atoms with E-state index in [-0.39, 0.29) is 30.9 Å². The number of benzene rings is 3. The summed E-state index contributed by atoms with van der Waals surface area (Å²) in [6, 6.07) is 25.1. The molecule has 1 aliphatic heterocycles. The molecule has 2 heterocycles. The van der Waals surface area contributed by atoms with Crippen molar-refractivity contribution in [2.45, 2.75) is 69.6 Å². The molecule has 2 aliphatic rings. The number of aromatic nitrogens is 1. The summed E-state index contributed by atoms with van der Waals surface area (Å²) in [5.74, 6) is 0.349. The van der Waals surface area contributed by atoms with Gasteiger partial charge in [-0.05, 0) is 48.2 Å². The highest BCUT2D eigenvalue weighted by Crippen LogP contribution is 2.41. The van der Waals surface area contributed by atoms with E-state index in [0.717, 1.165) is 47.7 Å². The van der Waals surface area contributed by atoms with Gasteiger partial charge in [0.1, 0.15) is 11.4 Å². The van der Waals surface area contributed by atoms with E-state index in [1.165, 1.54) is 19.3 Å². The zero-order valence-corrected chi connectivity index (χ0v) is 24.2. The summed E-state index contributed by atoms with van der Waals surface area (Å²) in [7, 11) is 1.63. The molecular formula is C34H36ClN3O3. The zero-order valence-electron chi connectivity index (χ0n) is 23.4. The minimum atomic E-state index is -1.29. The van der Waals surface area contributed by atoms with Gasteiger partial charge in [-0.3, -0.25) is 9.59 Å². The molecular weight excluding hydrogens is 534 g/mol. The molecule has 6 nitrogen and oxygen atoms in total. The lowest BCUT2D eigenvalue weighted by atomic mass is 9.83.